The molecule has 1 fully saturated rings. The fraction of sp³-hybridized carbons (Fsp3) is 0.600. The highest BCUT2D eigenvalue weighted by atomic mass is 16.5. The first kappa shape index (κ1) is 14.2. The van der Waals surface area contributed by atoms with Gasteiger partial charge in [-0.05, 0) is 32.8 Å². The van der Waals surface area contributed by atoms with Gasteiger partial charge >= 0.3 is 0 Å². The van der Waals surface area contributed by atoms with Gasteiger partial charge < -0.3 is 19.9 Å². The van der Waals surface area contributed by atoms with Crippen molar-refractivity contribution in [2.45, 2.75) is 38.8 Å². The average Bonchev–Trinajstić information content (AvgIpc) is 2.41. The van der Waals surface area contributed by atoms with Crippen LogP contribution >= 0.6 is 0 Å². The lowest BCUT2D eigenvalue weighted by Gasteiger charge is -2.34. The highest BCUT2D eigenvalue weighted by molar-refractivity contribution is 5.45. The van der Waals surface area contributed by atoms with Crippen LogP contribution in [0.15, 0.2) is 18.2 Å². The quantitative estimate of drug-likeness (QED) is 0.858. The Balaban J connectivity index is 2.00. The third kappa shape index (κ3) is 3.61. The van der Waals surface area contributed by atoms with Gasteiger partial charge in [-0.25, -0.2) is 0 Å². The van der Waals surface area contributed by atoms with Gasteiger partial charge in [0.15, 0.2) is 11.5 Å². The van der Waals surface area contributed by atoms with Gasteiger partial charge in [0.05, 0.1) is 6.61 Å². The summed E-state index contributed by atoms with van der Waals surface area (Å²) in [6.07, 6.45) is 2.00. The summed E-state index contributed by atoms with van der Waals surface area (Å²) in [5, 5.41) is 13.7. The molecule has 0 aromatic heterocycles. The maximum absolute atomic E-state index is 10.1. The van der Waals surface area contributed by atoms with Gasteiger partial charge in [0.2, 0.25) is 0 Å². The molecule has 0 unspecified atom stereocenters. The van der Waals surface area contributed by atoms with Crippen molar-refractivity contribution in [3.8, 4) is 11.5 Å². The molecule has 0 bridgehead atoms. The summed E-state index contributed by atoms with van der Waals surface area (Å²) in [6.45, 7) is 6.91. The first-order chi connectivity index (χ1) is 9.14. The average molecular weight is 265 g/mol. The third-order valence-electron chi connectivity index (χ3n) is 3.68. The molecule has 0 atom stereocenters. The molecule has 1 aromatic carbocycles. The molecule has 4 nitrogen and oxygen atoms in total. The maximum Gasteiger partial charge on any atom is 0.162 e. The molecule has 0 amide bonds. The van der Waals surface area contributed by atoms with E-state index in [0.29, 0.717) is 18.9 Å². The molecule has 1 aliphatic rings. The Hall–Kier alpha value is -1.26. The predicted octanol–water partition coefficient (Wildman–Crippen LogP) is 2.45. The number of phenols is 1. The Morgan fingerprint density at radius 3 is 2.79 bits per heavy atom. The highest BCUT2D eigenvalue weighted by Gasteiger charge is 2.26. The topological polar surface area (TPSA) is 50.7 Å². The summed E-state index contributed by atoms with van der Waals surface area (Å²) in [5.41, 5.74) is 0.963. The molecule has 0 saturated carbocycles. The number of nitrogens with one attached hydrogen (secondary N) is 1. The van der Waals surface area contributed by atoms with E-state index in [1.165, 1.54) is 0 Å². The van der Waals surface area contributed by atoms with Gasteiger partial charge in [-0.3, -0.25) is 0 Å². The molecule has 2 N–H and O–H groups in total. The van der Waals surface area contributed by atoms with E-state index in [-0.39, 0.29) is 11.3 Å². The van der Waals surface area contributed by atoms with Crippen LogP contribution in [0.5, 0.6) is 11.5 Å². The molecule has 1 aromatic rings. The van der Waals surface area contributed by atoms with Crippen LogP contribution in [0.4, 0.5) is 0 Å². The fourth-order valence-electron chi connectivity index (χ4n) is 2.29. The number of ether oxygens (including phenoxy) is 2. The molecule has 106 valence electrons. The lowest BCUT2D eigenvalue weighted by Crippen LogP contribution is -2.46. The molecular formula is C15H23NO3. The molecule has 0 aliphatic carbocycles. The van der Waals surface area contributed by atoms with Crippen LogP contribution in [0.1, 0.15) is 32.3 Å². The fourth-order valence-corrected chi connectivity index (χ4v) is 2.29. The van der Waals surface area contributed by atoms with E-state index in [9.17, 15) is 5.11 Å². The van der Waals surface area contributed by atoms with Crippen molar-refractivity contribution < 1.29 is 14.6 Å². The van der Waals surface area contributed by atoms with Crippen LogP contribution in [0.3, 0.4) is 0 Å². The molecule has 4 heteroatoms. The second-order valence-electron chi connectivity index (χ2n) is 5.22. The van der Waals surface area contributed by atoms with E-state index in [0.717, 1.165) is 31.6 Å². The van der Waals surface area contributed by atoms with E-state index in [2.05, 4.69) is 12.2 Å². The summed E-state index contributed by atoms with van der Waals surface area (Å²) >= 11 is 0. The molecule has 1 aliphatic heterocycles. The van der Waals surface area contributed by atoms with Gasteiger partial charge in [-0.15, -0.1) is 0 Å². The third-order valence-corrected chi connectivity index (χ3v) is 3.68. The van der Waals surface area contributed by atoms with Crippen molar-refractivity contribution >= 4 is 0 Å². The van der Waals surface area contributed by atoms with Crippen LogP contribution in [0.2, 0.25) is 0 Å². The Kier molecular flexibility index (Phi) is 4.66. The standard InChI is InChI=1S/C15H23NO3/c1-3-19-13-6-4-5-12(14(13)17)11-16-15(2)7-9-18-10-8-15/h4-6,16-17H,3,7-11H2,1-2H3. The second kappa shape index (κ2) is 6.26. The molecule has 1 heterocycles. The van der Waals surface area contributed by atoms with Crippen LogP contribution in [-0.2, 0) is 11.3 Å². The van der Waals surface area contributed by atoms with Gasteiger partial charge in [0, 0.05) is 30.9 Å². The van der Waals surface area contributed by atoms with Crippen LogP contribution in [-0.4, -0.2) is 30.5 Å². The number of benzene rings is 1. The molecule has 1 saturated heterocycles. The van der Waals surface area contributed by atoms with Crippen LogP contribution in [0.25, 0.3) is 0 Å². The van der Waals surface area contributed by atoms with Crippen molar-refractivity contribution in [3.63, 3.8) is 0 Å². The monoisotopic (exact) mass is 265 g/mol. The van der Waals surface area contributed by atoms with E-state index in [1.54, 1.807) is 6.07 Å². The number of hydrogen-bond acceptors (Lipinski definition) is 4. The zero-order chi connectivity index (χ0) is 13.7. The SMILES string of the molecule is CCOc1cccc(CNC2(C)CCOCC2)c1O. The Bertz CT molecular complexity index is 414. The number of aromatic hydroxyl groups is 1. The molecular weight excluding hydrogens is 242 g/mol. The maximum atomic E-state index is 10.1. The number of hydrogen-bond donors (Lipinski definition) is 2. The number of para-hydroxylation sites is 1. The van der Waals surface area contributed by atoms with Crippen molar-refractivity contribution in [3.05, 3.63) is 23.8 Å². The zero-order valence-corrected chi connectivity index (χ0v) is 11.7. The number of rotatable bonds is 5. The molecule has 2 rings (SSSR count). The summed E-state index contributed by atoms with van der Waals surface area (Å²) < 4.78 is 10.8. The molecule has 0 radical (unpaired) electrons. The molecule has 19 heavy (non-hydrogen) atoms. The summed E-state index contributed by atoms with van der Waals surface area (Å²) in [6, 6.07) is 5.63. The van der Waals surface area contributed by atoms with E-state index < -0.39 is 0 Å². The largest absolute Gasteiger partial charge is 0.504 e. The highest BCUT2D eigenvalue weighted by Crippen LogP contribution is 2.30. The lowest BCUT2D eigenvalue weighted by atomic mass is 9.92. The first-order valence-corrected chi connectivity index (χ1v) is 6.91. The van der Waals surface area contributed by atoms with E-state index in [4.69, 9.17) is 9.47 Å². The number of phenolic OH excluding ortho intramolecular Hbond substituents is 1. The summed E-state index contributed by atoms with van der Waals surface area (Å²) in [5.74, 6) is 0.798. The van der Waals surface area contributed by atoms with Crippen molar-refractivity contribution in [2.75, 3.05) is 19.8 Å². The summed E-state index contributed by atoms with van der Waals surface area (Å²) in [7, 11) is 0. The Labute approximate surface area is 114 Å². The summed E-state index contributed by atoms with van der Waals surface area (Å²) in [4.78, 5) is 0. The molecule has 0 spiro atoms. The Morgan fingerprint density at radius 1 is 1.37 bits per heavy atom. The lowest BCUT2D eigenvalue weighted by molar-refractivity contribution is 0.0445. The Morgan fingerprint density at radius 2 is 2.11 bits per heavy atom. The van der Waals surface area contributed by atoms with Gasteiger partial charge in [-0.1, -0.05) is 12.1 Å². The van der Waals surface area contributed by atoms with Gasteiger partial charge in [-0.2, -0.15) is 0 Å². The zero-order valence-electron chi connectivity index (χ0n) is 11.7. The minimum Gasteiger partial charge on any atom is -0.504 e. The second-order valence-corrected chi connectivity index (χ2v) is 5.22. The van der Waals surface area contributed by atoms with E-state index >= 15 is 0 Å². The van der Waals surface area contributed by atoms with E-state index in [1.807, 2.05) is 19.1 Å². The van der Waals surface area contributed by atoms with Crippen LogP contribution in [0, 0.1) is 0 Å². The predicted molar refractivity (Wildman–Crippen MR) is 74.6 cm³/mol. The van der Waals surface area contributed by atoms with Gasteiger partial charge in [0.1, 0.15) is 0 Å². The first-order valence-electron chi connectivity index (χ1n) is 6.91. The normalized spacial score (nSPS) is 18.2. The van der Waals surface area contributed by atoms with Crippen molar-refractivity contribution in [1.82, 2.24) is 5.32 Å². The minimum absolute atomic E-state index is 0.0896. The van der Waals surface area contributed by atoms with Crippen molar-refractivity contribution in [2.24, 2.45) is 0 Å². The smallest absolute Gasteiger partial charge is 0.162 e. The minimum atomic E-state index is 0.0896. The van der Waals surface area contributed by atoms with Crippen LogP contribution < -0.4 is 10.1 Å². The van der Waals surface area contributed by atoms with Gasteiger partial charge in [0.25, 0.3) is 0 Å². The van der Waals surface area contributed by atoms with Crippen molar-refractivity contribution in [1.29, 1.82) is 0 Å².